The molecular formula is C13H18O2. The lowest BCUT2D eigenvalue weighted by atomic mass is 9.78. The summed E-state index contributed by atoms with van der Waals surface area (Å²) < 4.78 is 11.2. The monoisotopic (exact) mass is 206 g/mol. The minimum atomic E-state index is 0.0499. The first-order chi connectivity index (χ1) is 7.12. The average molecular weight is 206 g/mol. The molecule has 0 saturated carbocycles. The van der Waals surface area contributed by atoms with E-state index in [-0.39, 0.29) is 5.41 Å². The normalized spacial score (nSPS) is 29.6. The standard InChI is InChI=1S/C13H18O2/c1-10(2)13(3)6-4-5-11-12(9-13)15-8-7-14-11/h4-6,9-10H,7-8H2,1-3H3. The number of hydrogen-bond donors (Lipinski definition) is 0. The van der Waals surface area contributed by atoms with E-state index < -0.39 is 0 Å². The van der Waals surface area contributed by atoms with Crippen molar-refractivity contribution in [2.75, 3.05) is 13.2 Å². The van der Waals surface area contributed by atoms with Crippen LogP contribution < -0.4 is 0 Å². The van der Waals surface area contributed by atoms with E-state index in [0.29, 0.717) is 19.1 Å². The third-order valence-electron chi connectivity index (χ3n) is 3.23. The summed E-state index contributed by atoms with van der Waals surface area (Å²) in [4.78, 5) is 0. The van der Waals surface area contributed by atoms with Gasteiger partial charge in [0.05, 0.1) is 0 Å². The number of allylic oxidation sites excluding steroid dienone is 4. The molecule has 1 unspecified atom stereocenters. The van der Waals surface area contributed by atoms with Crippen LogP contribution in [0, 0.1) is 11.3 Å². The Morgan fingerprint density at radius 2 is 1.87 bits per heavy atom. The predicted molar refractivity (Wildman–Crippen MR) is 60.2 cm³/mol. The first kappa shape index (κ1) is 10.3. The van der Waals surface area contributed by atoms with E-state index in [0.717, 1.165) is 11.5 Å². The molecule has 0 aromatic carbocycles. The van der Waals surface area contributed by atoms with Crippen LogP contribution in [0.25, 0.3) is 0 Å². The van der Waals surface area contributed by atoms with Gasteiger partial charge in [0.1, 0.15) is 13.2 Å². The third-order valence-corrected chi connectivity index (χ3v) is 3.23. The largest absolute Gasteiger partial charge is 0.486 e. The zero-order valence-corrected chi connectivity index (χ0v) is 9.62. The van der Waals surface area contributed by atoms with E-state index >= 15 is 0 Å². The Balaban J connectivity index is 2.35. The molecule has 1 atom stereocenters. The Kier molecular flexibility index (Phi) is 2.59. The first-order valence-electron chi connectivity index (χ1n) is 5.50. The quantitative estimate of drug-likeness (QED) is 0.656. The molecule has 2 heteroatoms. The van der Waals surface area contributed by atoms with E-state index in [9.17, 15) is 0 Å². The highest BCUT2D eigenvalue weighted by molar-refractivity contribution is 5.33. The van der Waals surface area contributed by atoms with E-state index in [1.165, 1.54) is 0 Å². The average Bonchev–Trinajstić information content (AvgIpc) is 2.36. The van der Waals surface area contributed by atoms with Crippen LogP contribution in [0.1, 0.15) is 20.8 Å². The van der Waals surface area contributed by atoms with Gasteiger partial charge < -0.3 is 9.47 Å². The molecule has 1 aliphatic carbocycles. The SMILES string of the molecule is CC(C)C1(C)C=CC=C2OCCOC2=C1. The fraction of sp³-hybridized carbons (Fsp3) is 0.538. The van der Waals surface area contributed by atoms with Gasteiger partial charge in [-0.1, -0.05) is 32.9 Å². The Morgan fingerprint density at radius 1 is 1.20 bits per heavy atom. The molecule has 1 fully saturated rings. The van der Waals surface area contributed by atoms with Crippen molar-refractivity contribution >= 4 is 0 Å². The van der Waals surface area contributed by atoms with E-state index in [2.05, 4.69) is 39.0 Å². The number of rotatable bonds is 1. The highest BCUT2D eigenvalue weighted by Gasteiger charge is 2.27. The van der Waals surface area contributed by atoms with Gasteiger partial charge in [-0.2, -0.15) is 0 Å². The fourth-order valence-corrected chi connectivity index (χ4v) is 1.72. The Bertz CT molecular complexity index is 336. The van der Waals surface area contributed by atoms with Crippen LogP contribution in [0.5, 0.6) is 0 Å². The van der Waals surface area contributed by atoms with Crippen LogP contribution in [0.4, 0.5) is 0 Å². The summed E-state index contributed by atoms with van der Waals surface area (Å²) in [5, 5.41) is 0. The maximum absolute atomic E-state index is 5.64. The maximum Gasteiger partial charge on any atom is 0.161 e. The smallest absolute Gasteiger partial charge is 0.161 e. The zero-order valence-electron chi connectivity index (χ0n) is 9.62. The molecular weight excluding hydrogens is 188 g/mol. The molecule has 0 N–H and O–H groups in total. The van der Waals surface area contributed by atoms with Crippen LogP contribution in [-0.2, 0) is 9.47 Å². The summed E-state index contributed by atoms with van der Waals surface area (Å²) in [6, 6.07) is 0. The number of ether oxygens (including phenoxy) is 2. The highest BCUT2D eigenvalue weighted by atomic mass is 16.6. The molecule has 0 aromatic heterocycles. The minimum Gasteiger partial charge on any atom is -0.486 e. The van der Waals surface area contributed by atoms with Crippen LogP contribution >= 0.6 is 0 Å². The van der Waals surface area contributed by atoms with Crippen LogP contribution in [0.3, 0.4) is 0 Å². The van der Waals surface area contributed by atoms with Gasteiger partial charge in [-0.05, 0) is 18.1 Å². The van der Waals surface area contributed by atoms with Crippen molar-refractivity contribution in [3.63, 3.8) is 0 Å². The second-order valence-electron chi connectivity index (χ2n) is 4.62. The van der Waals surface area contributed by atoms with Gasteiger partial charge >= 0.3 is 0 Å². The second kappa shape index (κ2) is 3.76. The molecule has 2 aliphatic rings. The molecule has 0 radical (unpaired) electrons. The molecule has 82 valence electrons. The van der Waals surface area contributed by atoms with Gasteiger partial charge in [0.2, 0.25) is 0 Å². The number of hydrogen-bond acceptors (Lipinski definition) is 2. The van der Waals surface area contributed by atoms with E-state index in [4.69, 9.17) is 9.47 Å². The molecule has 1 saturated heterocycles. The van der Waals surface area contributed by atoms with Gasteiger partial charge in [-0.3, -0.25) is 0 Å². The van der Waals surface area contributed by atoms with Gasteiger partial charge in [-0.15, -0.1) is 0 Å². The minimum absolute atomic E-state index is 0.0499. The van der Waals surface area contributed by atoms with Crippen molar-refractivity contribution < 1.29 is 9.47 Å². The highest BCUT2D eigenvalue weighted by Crippen LogP contribution is 2.36. The molecule has 2 nitrogen and oxygen atoms in total. The molecule has 0 amide bonds. The van der Waals surface area contributed by atoms with Crippen molar-refractivity contribution in [3.8, 4) is 0 Å². The van der Waals surface area contributed by atoms with Crippen molar-refractivity contribution in [3.05, 3.63) is 35.8 Å². The second-order valence-corrected chi connectivity index (χ2v) is 4.62. The van der Waals surface area contributed by atoms with Crippen LogP contribution in [0.15, 0.2) is 35.8 Å². The molecule has 1 aliphatic heterocycles. The van der Waals surface area contributed by atoms with Crippen LogP contribution in [0.2, 0.25) is 0 Å². The summed E-state index contributed by atoms with van der Waals surface area (Å²) in [5.41, 5.74) is 0.0499. The van der Waals surface area contributed by atoms with Gasteiger partial charge in [0.15, 0.2) is 11.5 Å². The first-order valence-corrected chi connectivity index (χ1v) is 5.50. The van der Waals surface area contributed by atoms with Crippen molar-refractivity contribution in [2.24, 2.45) is 11.3 Å². The van der Waals surface area contributed by atoms with Crippen molar-refractivity contribution in [1.82, 2.24) is 0 Å². The molecule has 0 aromatic rings. The van der Waals surface area contributed by atoms with E-state index in [1.807, 2.05) is 6.08 Å². The third kappa shape index (κ3) is 1.94. The molecule has 15 heavy (non-hydrogen) atoms. The fourth-order valence-electron chi connectivity index (χ4n) is 1.72. The number of fused-ring (bicyclic) bond motifs is 1. The Labute approximate surface area is 91.3 Å². The Hall–Kier alpha value is -1.18. The molecule has 1 heterocycles. The molecule has 0 bridgehead atoms. The van der Waals surface area contributed by atoms with Gasteiger partial charge in [0.25, 0.3) is 0 Å². The summed E-state index contributed by atoms with van der Waals surface area (Å²) >= 11 is 0. The van der Waals surface area contributed by atoms with E-state index in [1.54, 1.807) is 0 Å². The lowest BCUT2D eigenvalue weighted by molar-refractivity contribution is 0.0575. The summed E-state index contributed by atoms with van der Waals surface area (Å²) in [7, 11) is 0. The van der Waals surface area contributed by atoms with Crippen molar-refractivity contribution in [1.29, 1.82) is 0 Å². The zero-order chi connectivity index (χ0) is 10.9. The maximum atomic E-state index is 5.64. The molecule has 0 spiro atoms. The van der Waals surface area contributed by atoms with Crippen molar-refractivity contribution in [2.45, 2.75) is 20.8 Å². The summed E-state index contributed by atoms with van der Waals surface area (Å²) in [6.07, 6.45) is 8.43. The molecule has 2 rings (SSSR count). The lowest BCUT2D eigenvalue weighted by Gasteiger charge is -2.28. The predicted octanol–water partition coefficient (Wildman–Crippen LogP) is 3.03. The van der Waals surface area contributed by atoms with Gasteiger partial charge in [-0.25, -0.2) is 0 Å². The van der Waals surface area contributed by atoms with Gasteiger partial charge in [0, 0.05) is 5.41 Å². The van der Waals surface area contributed by atoms with Crippen LogP contribution in [-0.4, -0.2) is 13.2 Å². The summed E-state index contributed by atoms with van der Waals surface area (Å²) in [5.74, 6) is 2.30. The Morgan fingerprint density at radius 3 is 2.53 bits per heavy atom. The topological polar surface area (TPSA) is 18.5 Å². The lowest BCUT2D eigenvalue weighted by Crippen LogP contribution is -2.21. The summed E-state index contributed by atoms with van der Waals surface area (Å²) in [6.45, 7) is 7.95.